The van der Waals surface area contributed by atoms with Gasteiger partial charge in [-0.15, -0.1) is 0 Å². The van der Waals surface area contributed by atoms with Crippen LogP contribution in [-0.2, 0) is 11.0 Å². The Kier molecular flexibility index (Phi) is 6.57. The van der Waals surface area contributed by atoms with E-state index in [1.54, 1.807) is 30.3 Å². The Hall–Kier alpha value is -4.18. The Morgan fingerprint density at radius 2 is 1.89 bits per heavy atom. The Morgan fingerprint density at radius 1 is 1.11 bits per heavy atom. The predicted molar refractivity (Wildman–Crippen MR) is 126 cm³/mol. The fourth-order valence-electron chi connectivity index (χ4n) is 3.24. The van der Waals surface area contributed by atoms with Gasteiger partial charge in [0, 0.05) is 5.56 Å². The van der Waals surface area contributed by atoms with E-state index in [1.807, 2.05) is 0 Å². The predicted octanol–water partition coefficient (Wildman–Crippen LogP) is 4.48. The van der Waals surface area contributed by atoms with Crippen molar-refractivity contribution < 1.29 is 22.7 Å². The molecule has 4 rings (SSSR count). The van der Waals surface area contributed by atoms with Crippen molar-refractivity contribution in [2.45, 2.75) is 6.18 Å². The van der Waals surface area contributed by atoms with Crippen LogP contribution < -0.4 is 16.0 Å². The van der Waals surface area contributed by atoms with Crippen molar-refractivity contribution in [2.75, 3.05) is 6.61 Å². The monoisotopic (exact) mass is 500 g/mol. The van der Waals surface area contributed by atoms with Crippen molar-refractivity contribution >= 4 is 34.6 Å². The van der Waals surface area contributed by atoms with Crippen molar-refractivity contribution in [3.8, 4) is 17.1 Å². The van der Waals surface area contributed by atoms with Crippen LogP contribution in [-0.4, -0.2) is 28.4 Å². The summed E-state index contributed by atoms with van der Waals surface area (Å²) in [6, 6.07) is 15.5. The molecular formula is C24H16ClF3N4O3. The van der Waals surface area contributed by atoms with Crippen molar-refractivity contribution in [3.05, 3.63) is 93.2 Å². The molecule has 0 radical (unpaired) electrons. The zero-order chi connectivity index (χ0) is 25.2. The maximum atomic E-state index is 13.3. The highest BCUT2D eigenvalue weighted by Gasteiger charge is 2.31. The van der Waals surface area contributed by atoms with E-state index in [4.69, 9.17) is 22.1 Å². The number of primary amides is 1. The van der Waals surface area contributed by atoms with Gasteiger partial charge in [-0.1, -0.05) is 35.9 Å². The van der Waals surface area contributed by atoms with Gasteiger partial charge in [0.15, 0.2) is 12.4 Å². The molecule has 0 aliphatic heterocycles. The summed E-state index contributed by atoms with van der Waals surface area (Å²) in [5.74, 6) is -0.516. The summed E-state index contributed by atoms with van der Waals surface area (Å²) < 4.78 is 46.0. The molecule has 0 spiro atoms. The van der Waals surface area contributed by atoms with Crippen LogP contribution in [0.4, 0.5) is 13.2 Å². The largest absolute Gasteiger partial charge is 0.482 e. The third-order valence-electron chi connectivity index (χ3n) is 4.85. The van der Waals surface area contributed by atoms with E-state index < -0.39 is 23.2 Å². The molecule has 0 unspecified atom stereocenters. The van der Waals surface area contributed by atoms with Crippen molar-refractivity contribution in [3.63, 3.8) is 0 Å². The molecule has 35 heavy (non-hydrogen) atoms. The molecule has 1 amide bonds. The van der Waals surface area contributed by atoms with Gasteiger partial charge in [-0.3, -0.25) is 9.59 Å². The number of alkyl halides is 3. The van der Waals surface area contributed by atoms with Gasteiger partial charge in [0.2, 0.25) is 0 Å². The summed E-state index contributed by atoms with van der Waals surface area (Å²) in [5.41, 5.74) is 4.44. The minimum absolute atomic E-state index is 0.0630. The maximum Gasteiger partial charge on any atom is 0.416 e. The standard InChI is InChI=1S/C24H16ClF3N4O3/c25-18-10-14(8-9-20(18)35-13-21(29)33)12-30-32-22(15-4-3-5-16(11-15)24(26,27)28)31-19-7-2-1-6-17(19)23(32)34/h1-12H,13H2,(H2,29,33). The number of halogens is 4. The SMILES string of the molecule is NC(=O)COc1ccc(C=Nn2c(-c3cccc(C(F)(F)F)c3)nc3ccccc3c2=O)cc1Cl. The van der Waals surface area contributed by atoms with E-state index in [0.29, 0.717) is 11.1 Å². The summed E-state index contributed by atoms with van der Waals surface area (Å²) in [6.45, 7) is -0.355. The lowest BCUT2D eigenvalue weighted by Crippen LogP contribution is -2.20. The van der Waals surface area contributed by atoms with Gasteiger partial charge in [-0.25, -0.2) is 4.98 Å². The van der Waals surface area contributed by atoms with Gasteiger partial charge in [-0.05, 0) is 48.0 Å². The van der Waals surface area contributed by atoms with E-state index in [1.165, 1.54) is 30.5 Å². The Balaban J connectivity index is 1.81. The van der Waals surface area contributed by atoms with Crippen LogP contribution in [0.2, 0.25) is 5.02 Å². The minimum atomic E-state index is -4.57. The third kappa shape index (κ3) is 5.33. The molecular weight excluding hydrogens is 485 g/mol. The number of aromatic nitrogens is 2. The molecule has 0 fully saturated rings. The van der Waals surface area contributed by atoms with Crippen molar-refractivity contribution in [2.24, 2.45) is 10.8 Å². The number of carbonyl (C=O) groups is 1. The zero-order valence-corrected chi connectivity index (χ0v) is 18.5. The molecule has 0 aliphatic rings. The average molecular weight is 501 g/mol. The molecule has 0 saturated carbocycles. The minimum Gasteiger partial charge on any atom is -0.482 e. The molecule has 0 aliphatic carbocycles. The Labute approximate surface area is 201 Å². The highest BCUT2D eigenvalue weighted by atomic mass is 35.5. The first-order valence-electron chi connectivity index (χ1n) is 10.1. The highest BCUT2D eigenvalue weighted by Crippen LogP contribution is 2.32. The first-order valence-corrected chi connectivity index (χ1v) is 10.5. The normalized spacial score (nSPS) is 11.8. The molecule has 1 heterocycles. The number of ether oxygens (including phenoxy) is 1. The van der Waals surface area contributed by atoms with Crippen LogP contribution in [0.15, 0.2) is 76.6 Å². The first kappa shape index (κ1) is 24.0. The number of para-hydroxylation sites is 1. The number of rotatable bonds is 6. The maximum absolute atomic E-state index is 13.3. The summed E-state index contributed by atoms with van der Waals surface area (Å²) >= 11 is 6.17. The lowest BCUT2D eigenvalue weighted by molar-refractivity contribution is -0.137. The topological polar surface area (TPSA) is 99.6 Å². The number of nitrogens with zero attached hydrogens (tertiary/aromatic N) is 3. The second-order valence-corrected chi connectivity index (χ2v) is 7.74. The number of hydrogen-bond donors (Lipinski definition) is 1. The van der Waals surface area contributed by atoms with E-state index in [2.05, 4.69) is 10.1 Å². The van der Waals surface area contributed by atoms with Crippen LogP contribution in [0.25, 0.3) is 22.3 Å². The van der Waals surface area contributed by atoms with Gasteiger partial charge in [0.25, 0.3) is 11.5 Å². The summed E-state index contributed by atoms with van der Waals surface area (Å²) in [7, 11) is 0. The third-order valence-corrected chi connectivity index (χ3v) is 5.15. The van der Waals surface area contributed by atoms with Crippen molar-refractivity contribution in [1.82, 2.24) is 9.66 Å². The summed E-state index contributed by atoms with van der Waals surface area (Å²) in [4.78, 5) is 28.5. The summed E-state index contributed by atoms with van der Waals surface area (Å²) in [6.07, 6.45) is -3.27. The number of carbonyl (C=O) groups excluding carboxylic acids is 1. The number of amides is 1. The second-order valence-electron chi connectivity index (χ2n) is 7.34. The first-order chi connectivity index (χ1) is 16.6. The Bertz CT molecular complexity index is 1520. The van der Waals surface area contributed by atoms with Crippen LogP contribution in [0.3, 0.4) is 0 Å². The molecule has 7 nitrogen and oxygen atoms in total. The zero-order valence-electron chi connectivity index (χ0n) is 17.8. The van der Waals surface area contributed by atoms with E-state index >= 15 is 0 Å². The van der Waals surface area contributed by atoms with Gasteiger partial charge in [0.05, 0.1) is 27.7 Å². The van der Waals surface area contributed by atoms with Crippen LogP contribution >= 0.6 is 11.6 Å². The molecule has 0 bridgehead atoms. The number of fused-ring (bicyclic) bond motifs is 1. The van der Waals surface area contributed by atoms with E-state index in [-0.39, 0.29) is 34.2 Å². The Morgan fingerprint density at radius 3 is 2.60 bits per heavy atom. The molecule has 1 aromatic heterocycles. The molecule has 11 heteroatoms. The smallest absolute Gasteiger partial charge is 0.416 e. The van der Waals surface area contributed by atoms with Gasteiger partial charge in [-0.2, -0.15) is 22.9 Å². The van der Waals surface area contributed by atoms with Gasteiger partial charge < -0.3 is 10.5 Å². The van der Waals surface area contributed by atoms with Gasteiger partial charge in [0.1, 0.15) is 5.75 Å². The van der Waals surface area contributed by atoms with E-state index in [0.717, 1.165) is 16.8 Å². The van der Waals surface area contributed by atoms with Crippen molar-refractivity contribution in [1.29, 1.82) is 0 Å². The van der Waals surface area contributed by atoms with E-state index in [9.17, 15) is 22.8 Å². The highest BCUT2D eigenvalue weighted by molar-refractivity contribution is 6.32. The van der Waals surface area contributed by atoms with Crippen LogP contribution in [0.5, 0.6) is 5.75 Å². The molecule has 3 aromatic carbocycles. The lowest BCUT2D eigenvalue weighted by atomic mass is 10.1. The average Bonchev–Trinajstić information content (AvgIpc) is 2.82. The summed E-state index contributed by atoms with van der Waals surface area (Å²) in [5, 5.41) is 4.61. The fourth-order valence-corrected chi connectivity index (χ4v) is 3.48. The number of nitrogens with two attached hydrogens (primary N) is 1. The fraction of sp³-hybridized carbons (Fsp3) is 0.0833. The molecule has 4 aromatic rings. The molecule has 178 valence electrons. The number of hydrogen-bond acceptors (Lipinski definition) is 5. The number of benzene rings is 3. The molecule has 2 N–H and O–H groups in total. The molecule has 0 saturated heterocycles. The molecule has 0 atom stereocenters. The van der Waals surface area contributed by atoms with Gasteiger partial charge >= 0.3 is 6.18 Å². The lowest BCUT2D eigenvalue weighted by Gasteiger charge is -2.12. The van der Waals surface area contributed by atoms with Crippen LogP contribution in [0, 0.1) is 0 Å². The second kappa shape index (κ2) is 9.59. The quantitative estimate of drug-likeness (QED) is 0.394. The van der Waals surface area contributed by atoms with Crippen LogP contribution in [0.1, 0.15) is 11.1 Å².